The van der Waals surface area contributed by atoms with Crippen molar-refractivity contribution >= 4 is 6.03 Å². The fourth-order valence-corrected chi connectivity index (χ4v) is 1.53. The van der Waals surface area contributed by atoms with Crippen LogP contribution in [0.3, 0.4) is 0 Å². The summed E-state index contributed by atoms with van der Waals surface area (Å²) in [5.41, 5.74) is -0.589. The SMILES string of the molecule is CC(C)NC(=O)N1CCC(C)(O)CC1. The second kappa shape index (κ2) is 4.17. The molecule has 1 rings (SSSR count). The van der Waals surface area contributed by atoms with Crippen LogP contribution in [0.5, 0.6) is 0 Å². The Morgan fingerprint density at radius 3 is 2.36 bits per heavy atom. The van der Waals surface area contributed by atoms with Crippen LogP contribution in [0.25, 0.3) is 0 Å². The van der Waals surface area contributed by atoms with E-state index < -0.39 is 5.60 Å². The number of aliphatic hydroxyl groups is 1. The third-order valence-electron chi connectivity index (χ3n) is 2.54. The molecular formula is C10H20N2O2. The Bertz CT molecular complexity index is 204. The summed E-state index contributed by atoms with van der Waals surface area (Å²) in [7, 11) is 0. The molecule has 4 nitrogen and oxygen atoms in total. The third kappa shape index (κ3) is 3.18. The minimum atomic E-state index is -0.589. The monoisotopic (exact) mass is 200 g/mol. The molecule has 1 saturated heterocycles. The highest BCUT2D eigenvalue weighted by atomic mass is 16.3. The highest BCUT2D eigenvalue weighted by Crippen LogP contribution is 2.20. The van der Waals surface area contributed by atoms with E-state index in [2.05, 4.69) is 5.32 Å². The van der Waals surface area contributed by atoms with Gasteiger partial charge < -0.3 is 15.3 Å². The maximum atomic E-state index is 11.6. The van der Waals surface area contributed by atoms with Crippen molar-refractivity contribution in [3.8, 4) is 0 Å². The first kappa shape index (κ1) is 11.3. The molecule has 2 N–H and O–H groups in total. The maximum Gasteiger partial charge on any atom is 0.317 e. The number of rotatable bonds is 1. The lowest BCUT2D eigenvalue weighted by molar-refractivity contribution is 0.00425. The van der Waals surface area contributed by atoms with Crippen LogP contribution in [0.4, 0.5) is 4.79 Å². The molecular weight excluding hydrogens is 180 g/mol. The largest absolute Gasteiger partial charge is 0.390 e. The van der Waals surface area contributed by atoms with Gasteiger partial charge in [0.1, 0.15) is 0 Å². The fraction of sp³-hybridized carbons (Fsp3) is 0.900. The number of amides is 2. The molecule has 1 aliphatic heterocycles. The van der Waals surface area contributed by atoms with Gasteiger partial charge in [-0.3, -0.25) is 0 Å². The van der Waals surface area contributed by atoms with E-state index >= 15 is 0 Å². The van der Waals surface area contributed by atoms with Crippen molar-refractivity contribution in [2.24, 2.45) is 0 Å². The van der Waals surface area contributed by atoms with Crippen molar-refractivity contribution in [1.29, 1.82) is 0 Å². The third-order valence-corrected chi connectivity index (χ3v) is 2.54. The Labute approximate surface area is 85.3 Å². The Morgan fingerprint density at radius 2 is 1.93 bits per heavy atom. The first-order valence-electron chi connectivity index (χ1n) is 5.18. The van der Waals surface area contributed by atoms with Crippen molar-refractivity contribution in [3.05, 3.63) is 0 Å². The van der Waals surface area contributed by atoms with Gasteiger partial charge in [-0.1, -0.05) is 0 Å². The molecule has 1 heterocycles. The van der Waals surface area contributed by atoms with Gasteiger partial charge in [0, 0.05) is 19.1 Å². The van der Waals surface area contributed by atoms with E-state index in [1.165, 1.54) is 0 Å². The molecule has 1 fully saturated rings. The molecule has 0 unspecified atom stereocenters. The zero-order valence-corrected chi connectivity index (χ0v) is 9.21. The molecule has 0 aromatic rings. The van der Waals surface area contributed by atoms with Gasteiger partial charge in [-0.25, -0.2) is 4.79 Å². The number of nitrogens with one attached hydrogen (secondary N) is 1. The van der Waals surface area contributed by atoms with Crippen LogP contribution in [0.1, 0.15) is 33.6 Å². The van der Waals surface area contributed by atoms with Crippen LogP contribution in [0, 0.1) is 0 Å². The van der Waals surface area contributed by atoms with Crippen molar-refractivity contribution in [2.75, 3.05) is 13.1 Å². The number of urea groups is 1. The Kier molecular flexibility index (Phi) is 3.37. The number of carbonyl (C=O) groups excluding carboxylic acids is 1. The molecule has 0 atom stereocenters. The molecule has 0 aromatic heterocycles. The fourth-order valence-electron chi connectivity index (χ4n) is 1.53. The van der Waals surface area contributed by atoms with Crippen LogP contribution in [-0.2, 0) is 0 Å². The summed E-state index contributed by atoms with van der Waals surface area (Å²) < 4.78 is 0. The smallest absolute Gasteiger partial charge is 0.317 e. The quantitative estimate of drug-likeness (QED) is 0.662. The average molecular weight is 200 g/mol. The topological polar surface area (TPSA) is 52.6 Å². The summed E-state index contributed by atoms with van der Waals surface area (Å²) in [6.45, 7) is 7.00. The van der Waals surface area contributed by atoms with Crippen LogP contribution in [-0.4, -0.2) is 40.8 Å². The van der Waals surface area contributed by atoms with Gasteiger partial charge in [0.2, 0.25) is 0 Å². The summed E-state index contributed by atoms with van der Waals surface area (Å²) >= 11 is 0. The summed E-state index contributed by atoms with van der Waals surface area (Å²) in [5, 5.41) is 12.5. The zero-order chi connectivity index (χ0) is 10.8. The Balaban J connectivity index is 2.38. The van der Waals surface area contributed by atoms with Crippen molar-refractivity contribution in [1.82, 2.24) is 10.2 Å². The van der Waals surface area contributed by atoms with Crippen LogP contribution in [0.2, 0.25) is 0 Å². The summed E-state index contributed by atoms with van der Waals surface area (Å²) in [6.07, 6.45) is 1.33. The van der Waals surface area contributed by atoms with Crippen LogP contribution < -0.4 is 5.32 Å². The zero-order valence-electron chi connectivity index (χ0n) is 9.21. The normalized spacial score (nSPS) is 21.1. The second-order valence-corrected chi connectivity index (χ2v) is 4.59. The number of piperidine rings is 1. The van der Waals surface area contributed by atoms with E-state index in [1.807, 2.05) is 20.8 Å². The lowest BCUT2D eigenvalue weighted by atomic mass is 9.94. The summed E-state index contributed by atoms with van der Waals surface area (Å²) in [6, 6.07) is 0.153. The Hall–Kier alpha value is -0.770. The standard InChI is InChI=1S/C10H20N2O2/c1-8(2)11-9(13)12-6-4-10(3,14)5-7-12/h8,14H,4-7H2,1-3H3,(H,11,13). The predicted molar refractivity (Wildman–Crippen MR) is 55.1 cm³/mol. The molecule has 0 bridgehead atoms. The first-order valence-corrected chi connectivity index (χ1v) is 5.18. The highest BCUT2D eigenvalue weighted by Gasteiger charge is 2.29. The molecule has 0 spiro atoms. The van der Waals surface area contributed by atoms with E-state index in [9.17, 15) is 9.90 Å². The van der Waals surface area contributed by atoms with Crippen LogP contribution >= 0.6 is 0 Å². The van der Waals surface area contributed by atoms with Crippen molar-refractivity contribution in [3.63, 3.8) is 0 Å². The number of nitrogens with zero attached hydrogens (tertiary/aromatic N) is 1. The number of hydrogen-bond acceptors (Lipinski definition) is 2. The molecule has 14 heavy (non-hydrogen) atoms. The van der Waals surface area contributed by atoms with Gasteiger partial charge in [-0.2, -0.15) is 0 Å². The molecule has 0 saturated carbocycles. The molecule has 0 aromatic carbocycles. The molecule has 0 radical (unpaired) electrons. The lowest BCUT2D eigenvalue weighted by Crippen LogP contribution is -2.50. The molecule has 82 valence electrons. The van der Waals surface area contributed by atoms with Crippen LogP contribution in [0.15, 0.2) is 0 Å². The van der Waals surface area contributed by atoms with Gasteiger partial charge in [0.05, 0.1) is 5.60 Å². The minimum Gasteiger partial charge on any atom is -0.390 e. The average Bonchev–Trinajstić information content (AvgIpc) is 2.02. The molecule has 0 aliphatic carbocycles. The summed E-state index contributed by atoms with van der Waals surface area (Å²) in [5.74, 6) is 0. The Morgan fingerprint density at radius 1 is 1.43 bits per heavy atom. The van der Waals surface area contributed by atoms with E-state index in [1.54, 1.807) is 4.90 Å². The maximum absolute atomic E-state index is 11.6. The van der Waals surface area contributed by atoms with E-state index in [4.69, 9.17) is 0 Å². The van der Waals surface area contributed by atoms with E-state index in [-0.39, 0.29) is 12.1 Å². The highest BCUT2D eigenvalue weighted by molar-refractivity contribution is 5.74. The van der Waals surface area contributed by atoms with E-state index in [0.29, 0.717) is 25.9 Å². The molecule has 2 amide bonds. The van der Waals surface area contributed by atoms with E-state index in [0.717, 1.165) is 0 Å². The molecule has 1 aliphatic rings. The lowest BCUT2D eigenvalue weighted by Gasteiger charge is -2.36. The molecule has 4 heteroatoms. The van der Waals surface area contributed by atoms with Gasteiger partial charge in [0.25, 0.3) is 0 Å². The number of carbonyl (C=O) groups is 1. The van der Waals surface area contributed by atoms with Gasteiger partial charge in [-0.15, -0.1) is 0 Å². The van der Waals surface area contributed by atoms with Crippen molar-refractivity contribution < 1.29 is 9.90 Å². The minimum absolute atomic E-state index is 0.0181. The number of hydrogen-bond donors (Lipinski definition) is 2. The van der Waals surface area contributed by atoms with Crippen molar-refractivity contribution in [2.45, 2.75) is 45.3 Å². The van der Waals surface area contributed by atoms with Gasteiger partial charge in [0.15, 0.2) is 0 Å². The second-order valence-electron chi connectivity index (χ2n) is 4.59. The predicted octanol–water partition coefficient (Wildman–Crippen LogP) is 0.951. The first-order chi connectivity index (χ1) is 6.41. The summed E-state index contributed by atoms with van der Waals surface area (Å²) in [4.78, 5) is 13.3. The van der Waals surface area contributed by atoms with Gasteiger partial charge in [-0.05, 0) is 33.6 Å². The number of likely N-dealkylation sites (tertiary alicyclic amines) is 1. The van der Waals surface area contributed by atoms with Gasteiger partial charge >= 0.3 is 6.03 Å².